The Kier molecular flexibility index (Phi) is 7.20. The Labute approximate surface area is 202 Å². The van der Waals surface area contributed by atoms with Crippen molar-refractivity contribution in [3.05, 3.63) is 101 Å². The van der Waals surface area contributed by atoms with E-state index in [2.05, 4.69) is 10.3 Å². The minimum absolute atomic E-state index is 0.0578. The number of benzene rings is 3. The third-order valence-electron chi connectivity index (χ3n) is 4.99. The lowest BCUT2D eigenvalue weighted by atomic mass is 10.2. The molecule has 0 unspecified atom stereocenters. The van der Waals surface area contributed by atoms with Crippen LogP contribution in [0.3, 0.4) is 0 Å². The summed E-state index contributed by atoms with van der Waals surface area (Å²) in [6.45, 7) is 0. The van der Waals surface area contributed by atoms with Crippen LogP contribution in [0.5, 0.6) is 5.75 Å². The molecule has 34 heavy (non-hydrogen) atoms. The molecule has 0 aliphatic rings. The Bertz CT molecular complexity index is 1390. The highest BCUT2D eigenvalue weighted by Gasteiger charge is 2.15. The fraction of sp³-hybridized carbons (Fsp3) is 0.0769. The number of ether oxygens (including phenoxy) is 1. The van der Waals surface area contributed by atoms with Gasteiger partial charge in [-0.3, -0.25) is 10.1 Å². The number of nitrogens with zero attached hydrogens (tertiary/aromatic N) is 1. The van der Waals surface area contributed by atoms with Crippen molar-refractivity contribution in [2.75, 3.05) is 12.4 Å². The fourth-order valence-electron chi connectivity index (χ4n) is 3.21. The molecule has 172 valence electrons. The molecular formula is C26H22N2O4S2. The normalized spacial score (nSPS) is 11.4. The molecule has 1 heterocycles. The number of sulfone groups is 1. The van der Waals surface area contributed by atoms with Gasteiger partial charge in [-0.1, -0.05) is 42.5 Å². The highest BCUT2D eigenvalue weighted by atomic mass is 32.2. The number of aromatic nitrogens is 1. The number of rotatable bonds is 8. The SMILES string of the molecule is COc1ccc(-c2csc(NC(=O)C=Cc3ccc(S(=O)(=O)Cc4ccccc4)cc3)n2)cc1. The van der Waals surface area contributed by atoms with Gasteiger partial charge in [0.05, 0.1) is 23.5 Å². The third kappa shape index (κ3) is 5.98. The monoisotopic (exact) mass is 490 g/mol. The first kappa shape index (κ1) is 23.4. The molecule has 1 aromatic heterocycles. The van der Waals surface area contributed by atoms with Crippen LogP contribution in [0, 0.1) is 0 Å². The van der Waals surface area contributed by atoms with Gasteiger partial charge in [-0.15, -0.1) is 11.3 Å². The van der Waals surface area contributed by atoms with Crippen molar-refractivity contribution in [1.29, 1.82) is 0 Å². The lowest BCUT2D eigenvalue weighted by molar-refractivity contribution is -0.111. The molecule has 0 radical (unpaired) electrons. The molecule has 0 spiro atoms. The molecule has 4 aromatic rings. The van der Waals surface area contributed by atoms with Crippen LogP contribution in [-0.2, 0) is 20.4 Å². The molecule has 4 rings (SSSR count). The summed E-state index contributed by atoms with van der Waals surface area (Å²) >= 11 is 1.33. The Morgan fingerprint density at radius 2 is 1.71 bits per heavy atom. The molecule has 1 N–H and O–H groups in total. The van der Waals surface area contributed by atoms with E-state index in [0.717, 1.165) is 22.6 Å². The maximum Gasteiger partial charge on any atom is 0.250 e. The van der Waals surface area contributed by atoms with Crippen LogP contribution in [-0.4, -0.2) is 26.4 Å². The van der Waals surface area contributed by atoms with Gasteiger partial charge in [0.25, 0.3) is 0 Å². The molecule has 6 nitrogen and oxygen atoms in total. The Morgan fingerprint density at radius 1 is 1.00 bits per heavy atom. The van der Waals surface area contributed by atoms with E-state index in [9.17, 15) is 13.2 Å². The summed E-state index contributed by atoms with van der Waals surface area (Å²) in [4.78, 5) is 17.0. The van der Waals surface area contributed by atoms with Gasteiger partial charge >= 0.3 is 0 Å². The summed E-state index contributed by atoms with van der Waals surface area (Å²) in [7, 11) is -1.83. The zero-order chi connectivity index (χ0) is 24.0. The predicted octanol–water partition coefficient (Wildman–Crippen LogP) is 5.44. The van der Waals surface area contributed by atoms with Gasteiger partial charge in [-0.05, 0) is 53.6 Å². The molecule has 3 aromatic carbocycles. The standard InChI is InChI=1S/C26H22N2O4S2/c1-32-22-12-10-21(11-13-22)24-17-33-26(27-24)28-25(29)16-9-19-7-14-23(15-8-19)34(30,31)18-20-5-3-2-4-6-20/h2-17H,18H2,1H3,(H,27,28,29). The largest absolute Gasteiger partial charge is 0.497 e. The summed E-state index contributed by atoms with van der Waals surface area (Å²) in [6, 6.07) is 23.0. The number of anilines is 1. The van der Waals surface area contributed by atoms with Crippen molar-refractivity contribution in [2.45, 2.75) is 10.6 Å². The first-order chi connectivity index (χ1) is 16.4. The maximum atomic E-state index is 12.6. The zero-order valence-corrected chi connectivity index (χ0v) is 20.0. The molecule has 8 heteroatoms. The van der Waals surface area contributed by atoms with Gasteiger partial charge in [0.2, 0.25) is 5.91 Å². The summed E-state index contributed by atoms with van der Waals surface area (Å²) in [5, 5.41) is 5.11. The number of thiazole rings is 1. The molecule has 1 amide bonds. The second-order valence-corrected chi connectivity index (χ2v) is 10.3. The van der Waals surface area contributed by atoms with Crippen molar-refractivity contribution in [1.82, 2.24) is 4.98 Å². The number of methoxy groups -OCH3 is 1. The first-order valence-electron chi connectivity index (χ1n) is 10.4. The quantitative estimate of drug-likeness (QED) is 0.332. The predicted molar refractivity (Wildman–Crippen MR) is 136 cm³/mol. The second kappa shape index (κ2) is 10.5. The van der Waals surface area contributed by atoms with Crippen LogP contribution in [0.2, 0.25) is 0 Å². The fourth-order valence-corrected chi connectivity index (χ4v) is 5.28. The van der Waals surface area contributed by atoms with Crippen molar-refractivity contribution in [3.8, 4) is 17.0 Å². The van der Waals surface area contributed by atoms with E-state index in [1.165, 1.54) is 17.4 Å². The molecule has 0 atom stereocenters. The van der Waals surface area contributed by atoms with E-state index in [0.29, 0.717) is 10.7 Å². The molecule has 0 saturated heterocycles. The molecule has 0 aliphatic carbocycles. The van der Waals surface area contributed by atoms with E-state index >= 15 is 0 Å². The van der Waals surface area contributed by atoms with E-state index in [-0.39, 0.29) is 16.6 Å². The van der Waals surface area contributed by atoms with Crippen molar-refractivity contribution < 1.29 is 17.9 Å². The number of amides is 1. The van der Waals surface area contributed by atoms with Crippen LogP contribution in [0.1, 0.15) is 11.1 Å². The minimum atomic E-state index is -3.44. The lowest BCUT2D eigenvalue weighted by Crippen LogP contribution is -2.07. The number of carbonyl (C=O) groups is 1. The van der Waals surface area contributed by atoms with Gasteiger partial charge < -0.3 is 4.74 Å². The summed E-state index contributed by atoms with van der Waals surface area (Å²) < 4.78 is 30.4. The van der Waals surface area contributed by atoms with Crippen molar-refractivity contribution in [3.63, 3.8) is 0 Å². The Morgan fingerprint density at radius 3 is 2.38 bits per heavy atom. The maximum absolute atomic E-state index is 12.6. The molecule has 0 bridgehead atoms. The van der Waals surface area contributed by atoms with E-state index < -0.39 is 9.84 Å². The minimum Gasteiger partial charge on any atom is -0.497 e. The topological polar surface area (TPSA) is 85.4 Å². The number of carbonyl (C=O) groups excluding carboxylic acids is 1. The highest BCUT2D eigenvalue weighted by Crippen LogP contribution is 2.26. The average Bonchev–Trinajstić information content (AvgIpc) is 3.32. The van der Waals surface area contributed by atoms with Crippen molar-refractivity contribution >= 4 is 38.3 Å². The van der Waals surface area contributed by atoms with Crippen LogP contribution >= 0.6 is 11.3 Å². The lowest BCUT2D eigenvalue weighted by Gasteiger charge is -2.05. The second-order valence-electron chi connectivity index (χ2n) is 7.40. The van der Waals surface area contributed by atoms with Gasteiger partial charge in [0, 0.05) is 17.0 Å². The highest BCUT2D eigenvalue weighted by molar-refractivity contribution is 7.90. The van der Waals surface area contributed by atoms with Gasteiger partial charge in [0.1, 0.15) is 5.75 Å². The molecular weight excluding hydrogens is 468 g/mol. The Balaban J connectivity index is 1.36. The molecule has 0 aliphatic heterocycles. The van der Waals surface area contributed by atoms with E-state index in [4.69, 9.17) is 4.74 Å². The summed E-state index contributed by atoms with van der Waals surface area (Å²) in [6.07, 6.45) is 3.02. The van der Waals surface area contributed by atoms with Gasteiger partial charge in [-0.2, -0.15) is 0 Å². The van der Waals surface area contributed by atoms with Crippen LogP contribution < -0.4 is 10.1 Å². The average molecular weight is 491 g/mol. The molecule has 0 fully saturated rings. The number of hydrogen-bond donors (Lipinski definition) is 1. The van der Waals surface area contributed by atoms with E-state index in [1.54, 1.807) is 49.6 Å². The number of hydrogen-bond acceptors (Lipinski definition) is 6. The van der Waals surface area contributed by atoms with Crippen LogP contribution in [0.25, 0.3) is 17.3 Å². The Hall–Kier alpha value is -3.75. The first-order valence-corrected chi connectivity index (χ1v) is 12.9. The summed E-state index contributed by atoms with van der Waals surface area (Å²) in [5.74, 6) is 0.383. The third-order valence-corrected chi connectivity index (χ3v) is 7.45. The van der Waals surface area contributed by atoms with Gasteiger partial charge in [0.15, 0.2) is 15.0 Å². The van der Waals surface area contributed by atoms with E-state index in [1.807, 2.05) is 47.8 Å². The van der Waals surface area contributed by atoms with Crippen LogP contribution in [0.15, 0.2) is 95.2 Å². The molecule has 0 saturated carbocycles. The summed E-state index contributed by atoms with van der Waals surface area (Å²) in [5.41, 5.74) is 3.14. The van der Waals surface area contributed by atoms with Gasteiger partial charge in [-0.25, -0.2) is 13.4 Å². The smallest absolute Gasteiger partial charge is 0.250 e. The van der Waals surface area contributed by atoms with Crippen LogP contribution in [0.4, 0.5) is 5.13 Å². The zero-order valence-electron chi connectivity index (χ0n) is 18.3. The number of nitrogens with one attached hydrogen (secondary N) is 1. The van der Waals surface area contributed by atoms with Crippen molar-refractivity contribution in [2.24, 2.45) is 0 Å².